The van der Waals surface area contributed by atoms with Gasteiger partial charge in [0.25, 0.3) is 0 Å². The molecule has 0 spiro atoms. The number of hydrogen-bond donors (Lipinski definition) is 0. The second-order valence-corrected chi connectivity index (χ2v) is 12.0. The Morgan fingerprint density at radius 3 is 2.25 bits per heavy atom. The van der Waals surface area contributed by atoms with E-state index in [2.05, 4.69) is 31.2 Å². The predicted molar refractivity (Wildman–Crippen MR) is 119 cm³/mol. The molecule has 158 valence electrons. The lowest BCUT2D eigenvalue weighted by atomic mass is 9.77. The highest BCUT2D eigenvalue weighted by molar-refractivity contribution is 8.00. The fourth-order valence-electron chi connectivity index (χ4n) is 4.11. The van der Waals surface area contributed by atoms with Crippen LogP contribution in [0.5, 0.6) is 0 Å². The highest BCUT2D eigenvalue weighted by atomic mass is 32.2. The molecule has 0 heterocycles. The molecule has 0 radical (unpaired) electrons. The van der Waals surface area contributed by atoms with Gasteiger partial charge in [-0.3, -0.25) is 4.79 Å². The zero-order valence-corrected chi connectivity index (χ0v) is 19.7. The second-order valence-electron chi connectivity index (χ2n) is 7.62. The van der Waals surface area contributed by atoms with Crippen molar-refractivity contribution in [3.8, 4) is 0 Å². The van der Waals surface area contributed by atoms with E-state index in [9.17, 15) is 4.79 Å². The Morgan fingerprint density at radius 2 is 1.68 bits per heavy atom. The fraction of sp³-hybridized carbons (Fsp3) is 0.682. The van der Waals surface area contributed by atoms with E-state index < -0.39 is 8.80 Å². The van der Waals surface area contributed by atoms with E-state index in [0.717, 1.165) is 24.6 Å². The van der Waals surface area contributed by atoms with Crippen LogP contribution in [0, 0.1) is 0 Å². The first-order chi connectivity index (χ1) is 13.5. The van der Waals surface area contributed by atoms with Gasteiger partial charge < -0.3 is 13.3 Å². The molecule has 0 aromatic heterocycles. The summed E-state index contributed by atoms with van der Waals surface area (Å²) in [6.45, 7) is 10.1. The quantitative estimate of drug-likeness (QED) is 0.329. The molecular weight excluding hydrogens is 388 g/mol. The highest BCUT2D eigenvalue weighted by Crippen LogP contribution is 2.45. The van der Waals surface area contributed by atoms with Crippen LogP contribution in [0.2, 0.25) is 6.04 Å². The van der Waals surface area contributed by atoms with Gasteiger partial charge in [-0.2, -0.15) is 11.8 Å². The number of benzene rings is 1. The maximum Gasteiger partial charge on any atom is 0.500 e. The normalized spacial score (nSPS) is 23.1. The van der Waals surface area contributed by atoms with Gasteiger partial charge in [-0.05, 0) is 57.8 Å². The molecule has 2 unspecified atom stereocenters. The molecule has 0 saturated heterocycles. The van der Waals surface area contributed by atoms with E-state index in [1.54, 1.807) is 0 Å². The summed E-state index contributed by atoms with van der Waals surface area (Å²) in [7, 11) is -2.57. The van der Waals surface area contributed by atoms with Gasteiger partial charge in [0.2, 0.25) is 0 Å². The first-order valence-corrected chi connectivity index (χ1v) is 13.5. The van der Waals surface area contributed by atoms with Crippen LogP contribution >= 0.6 is 11.8 Å². The van der Waals surface area contributed by atoms with Crippen LogP contribution in [0.1, 0.15) is 64.9 Å². The number of carbonyl (C=O) groups is 1. The lowest BCUT2D eigenvalue weighted by molar-refractivity contribution is -0.121. The molecule has 0 amide bonds. The van der Waals surface area contributed by atoms with Gasteiger partial charge in [-0.1, -0.05) is 30.3 Å². The highest BCUT2D eigenvalue weighted by Gasteiger charge is 2.41. The Bertz CT molecular complexity index is 580. The summed E-state index contributed by atoms with van der Waals surface area (Å²) in [4.78, 5) is 12.4. The molecule has 1 aromatic carbocycles. The summed E-state index contributed by atoms with van der Waals surface area (Å²) in [6.07, 6.45) is 3.39. The Labute approximate surface area is 176 Å². The number of carbonyl (C=O) groups excluding carboxylic acids is 1. The number of hydrogen-bond acceptors (Lipinski definition) is 5. The topological polar surface area (TPSA) is 44.8 Å². The van der Waals surface area contributed by atoms with Gasteiger partial charge in [0.15, 0.2) is 0 Å². The van der Waals surface area contributed by atoms with Gasteiger partial charge in [0, 0.05) is 43.5 Å². The molecule has 4 nitrogen and oxygen atoms in total. The van der Waals surface area contributed by atoms with Gasteiger partial charge >= 0.3 is 8.80 Å². The predicted octanol–water partition coefficient (Wildman–Crippen LogP) is 5.45. The van der Waals surface area contributed by atoms with E-state index >= 15 is 0 Å². The monoisotopic (exact) mass is 424 g/mol. The zero-order chi connectivity index (χ0) is 20.5. The fourth-order valence-corrected chi connectivity index (χ4v) is 8.34. The number of ketones is 1. The molecule has 1 fully saturated rings. The third-order valence-corrected chi connectivity index (χ3v) is 9.82. The minimum absolute atomic E-state index is 0.00287. The number of thioether (sulfide) groups is 1. The lowest BCUT2D eigenvalue weighted by Crippen LogP contribution is -2.46. The first kappa shape index (κ1) is 23.6. The minimum atomic E-state index is -2.57. The molecule has 1 aliphatic rings. The van der Waals surface area contributed by atoms with E-state index in [1.807, 2.05) is 38.6 Å². The van der Waals surface area contributed by atoms with Crippen LogP contribution < -0.4 is 0 Å². The molecule has 28 heavy (non-hydrogen) atoms. The van der Waals surface area contributed by atoms with Crippen molar-refractivity contribution in [2.75, 3.05) is 25.6 Å². The van der Waals surface area contributed by atoms with Gasteiger partial charge in [0.05, 0.1) is 0 Å². The van der Waals surface area contributed by atoms with Crippen molar-refractivity contribution in [1.29, 1.82) is 0 Å². The van der Waals surface area contributed by atoms with E-state index in [-0.39, 0.29) is 4.75 Å². The molecule has 2 atom stereocenters. The second kappa shape index (κ2) is 11.5. The average molecular weight is 425 g/mol. The van der Waals surface area contributed by atoms with Crippen LogP contribution in [-0.4, -0.2) is 44.9 Å². The third-order valence-electron chi connectivity index (χ3n) is 5.16. The van der Waals surface area contributed by atoms with Crippen molar-refractivity contribution in [2.24, 2.45) is 0 Å². The van der Waals surface area contributed by atoms with Crippen LogP contribution in [-0.2, 0) is 18.1 Å². The summed E-state index contributed by atoms with van der Waals surface area (Å²) >= 11 is 1.93. The molecule has 1 aromatic rings. The summed E-state index contributed by atoms with van der Waals surface area (Å²) in [5.41, 5.74) is 1.29. The van der Waals surface area contributed by atoms with Crippen LogP contribution in [0.25, 0.3) is 0 Å². The molecule has 0 aliphatic heterocycles. The Balaban J connectivity index is 1.91. The number of Topliss-reactive ketones (excluding diaryl/α,β-unsaturated/α-hetero) is 1. The maximum atomic E-state index is 12.4. The van der Waals surface area contributed by atoms with Gasteiger partial charge in [-0.25, -0.2) is 0 Å². The van der Waals surface area contributed by atoms with Crippen LogP contribution in [0.4, 0.5) is 0 Å². The maximum absolute atomic E-state index is 12.4. The van der Waals surface area contributed by atoms with Gasteiger partial charge in [-0.15, -0.1) is 0 Å². The molecule has 0 N–H and O–H groups in total. The van der Waals surface area contributed by atoms with Crippen LogP contribution in [0.3, 0.4) is 0 Å². The summed E-state index contributed by atoms with van der Waals surface area (Å²) in [6, 6.07) is 11.3. The van der Waals surface area contributed by atoms with Crippen molar-refractivity contribution in [3.05, 3.63) is 35.9 Å². The average Bonchev–Trinajstić information content (AvgIpc) is 2.66. The van der Waals surface area contributed by atoms with E-state index in [4.69, 9.17) is 13.3 Å². The molecular formula is C22H36O4SSi. The van der Waals surface area contributed by atoms with Crippen molar-refractivity contribution in [1.82, 2.24) is 0 Å². The molecule has 1 aliphatic carbocycles. The minimum Gasteiger partial charge on any atom is -0.374 e. The lowest BCUT2D eigenvalue weighted by Gasteiger charge is -2.37. The Hall–Kier alpha value is -0.663. The van der Waals surface area contributed by atoms with Crippen molar-refractivity contribution < 1.29 is 18.1 Å². The van der Waals surface area contributed by atoms with Gasteiger partial charge in [0.1, 0.15) is 5.78 Å². The Kier molecular flexibility index (Phi) is 9.70. The van der Waals surface area contributed by atoms with Crippen molar-refractivity contribution >= 4 is 26.3 Å². The van der Waals surface area contributed by atoms with E-state index in [0.29, 0.717) is 44.4 Å². The number of rotatable bonds is 12. The SMILES string of the molecule is CCO[Si](CCCSC1(C)CC(=O)CC(c2ccccc2)C1)(OCC)OCC. The van der Waals surface area contributed by atoms with Crippen molar-refractivity contribution in [3.63, 3.8) is 0 Å². The van der Waals surface area contributed by atoms with Crippen molar-refractivity contribution in [2.45, 2.75) is 70.1 Å². The Morgan fingerprint density at radius 1 is 1.07 bits per heavy atom. The summed E-state index contributed by atoms with van der Waals surface area (Å²) in [5.74, 6) is 1.72. The zero-order valence-electron chi connectivity index (χ0n) is 17.9. The molecule has 0 bridgehead atoms. The molecule has 2 rings (SSSR count). The third kappa shape index (κ3) is 6.99. The first-order valence-electron chi connectivity index (χ1n) is 10.6. The van der Waals surface area contributed by atoms with Crippen LogP contribution in [0.15, 0.2) is 30.3 Å². The summed E-state index contributed by atoms with van der Waals surface area (Å²) < 4.78 is 17.9. The summed E-state index contributed by atoms with van der Waals surface area (Å²) in [5, 5.41) is 0. The standard InChI is InChI=1S/C22H36O4SSi/c1-5-24-28(25-6-2,26-7-3)15-11-14-27-22(4)17-20(16-21(23)18-22)19-12-9-8-10-13-19/h8-10,12-13,20H,5-7,11,14-18H2,1-4H3. The largest absolute Gasteiger partial charge is 0.500 e. The molecule has 6 heteroatoms. The molecule has 1 saturated carbocycles. The van der Waals surface area contributed by atoms with E-state index in [1.165, 1.54) is 5.56 Å². The smallest absolute Gasteiger partial charge is 0.374 e.